The zero-order chi connectivity index (χ0) is 13.8. The Hall–Kier alpha value is 0.360. The van der Waals surface area contributed by atoms with Gasteiger partial charge in [-0.2, -0.15) is 0 Å². The molecule has 1 aliphatic rings. The van der Waals surface area contributed by atoms with Gasteiger partial charge in [-0.1, -0.05) is 35.7 Å². The third-order valence-corrected chi connectivity index (χ3v) is 4.79. The molecule has 2 atom stereocenters. The molecule has 0 saturated heterocycles. The van der Waals surface area contributed by atoms with Crippen molar-refractivity contribution in [1.82, 2.24) is 0 Å². The van der Waals surface area contributed by atoms with Crippen LogP contribution in [0.3, 0.4) is 0 Å². The Kier molecular flexibility index (Phi) is 11.1. The molecule has 0 aromatic heterocycles. The van der Waals surface area contributed by atoms with Crippen molar-refractivity contribution in [3.05, 3.63) is 0 Å². The van der Waals surface area contributed by atoms with Gasteiger partial charge in [0.25, 0.3) is 0 Å². The van der Waals surface area contributed by atoms with Crippen LogP contribution < -0.4 is 0 Å². The fourth-order valence-electron chi connectivity index (χ4n) is 2.34. The lowest BCUT2D eigenvalue weighted by molar-refractivity contribution is 0.0120. The van der Waals surface area contributed by atoms with Gasteiger partial charge in [-0.3, -0.25) is 0 Å². The molecule has 0 amide bonds. The zero-order valence-electron chi connectivity index (χ0n) is 12.2. The first-order chi connectivity index (χ1) is 9.34. The monoisotopic (exact) mass is 336 g/mol. The third kappa shape index (κ3) is 9.01. The van der Waals surface area contributed by atoms with Gasteiger partial charge in [0, 0.05) is 18.0 Å². The van der Waals surface area contributed by atoms with Crippen LogP contribution in [0.2, 0.25) is 0 Å². The predicted octanol–water partition coefficient (Wildman–Crippen LogP) is 3.79. The van der Waals surface area contributed by atoms with Crippen LogP contribution in [0.5, 0.6) is 0 Å². The minimum atomic E-state index is 0.680. The van der Waals surface area contributed by atoms with Crippen LogP contribution in [-0.2, 0) is 14.2 Å². The molecule has 1 rings (SSSR count). The second-order valence-electron chi connectivity index (χ2n) is 5.19. The van der Waals surface area contributed by atoms with Crippen LogP contribution in [0.25, 0.3) is 0 Å². The number of rotatable bonds is 12. The Labute approximate surface area is 126 Å². The highest BCUT2D eigenvalue weighted by atomic mass is 79.9. The highest BCUT2D eigenvalue weighted by Gasteiger charge is 2.24. The molecule has 1 fully saturated rings. The van der Waals surface area contributed by atoms with Gasteiger partial charge in [-0.25, -0.2) is 0 Å². The maximum atomic E-state index is 5.60. The van der Waals surface area contributed by atoms with Crippen LogP contribution in [0.4, 0.5) is 0 Å². The first-order valence-electron chi connectivity index (χ1n) is 7.72. The summed E-state index contributed by atoms with van der Waals surface area (Å²) in [5.41, 5.74) is 0. The van der Waals surface area contributed by atoms with Crippen molar-refractivity contribution >= 4 is 15.9 Å². The lowest BCUT2D eigenvalue weighted by atomic mass is 10.1. The van der Waals surface area contributed by atoms with Crippen LogP contribution in [0.15, 0.2) is 0 Å². The fourth-order valence-corrected chi connectivity index (χ4v) is 3.19. The van der Waals surface area contributed by atoms with Crippen molar-refractivity contribution in [3.63, 3.8) is 0 Å². The zero-order valence-corrected chi connectivity index (χ0v) is 13.8. The van der Waals surface area contributed by atoms with E-state index in [-0.39, 0.29) is 0 Å². The summed E-state index contributed by atoms with van der Waals surface area (Å²) >= 11 is 3.74. The van der Waals surface area contributed by atoms with Gasteiger partial charge in [0.2, 0.25) is 0 Å². The summed E-state index contributed by atoms with van der Waals surface area (Å²) in [5.74, 6) is 0.813. The Morgan fingerprint density at radius 3 is 2.11 bits per heavy atom. The molecule has 0 N–H and O–H groups in total. The van der Waals surface area contributed by atoms with E-state index < -0.39 is 0 Å². The summed E-state index contributed by atoms with van der Waals surface area (Å²) in [6, 6.07) is 0. The van der Waals surface area contributed by atoms with Gasteiger partial charge in [-0.05, 0) is 31.6 Å². The van der Waals surface area contributed by atoms with E-state index in [9.17, 15) is 0 Å². The molecule has 0 aromatic rings. The Bertz CT molecular complexity index is 202. The average molecular weight is 337 g/mol. The van der Waals surface area contributed by atoms with E-state index in [0.29, 0.717) is 31.3 Å². The molecule has 19 heavy (non-hydrogen) atoms. The predicted molar refractivity (Wildman–Crippen MR) is 82.0 cm³/mol. The van der Waals surface area contributed by atoms with E-state index in [0.717, 1.165) is 25.6 Å². The molecule has 4 heteroatoms. The van der Waals surface area contributed by atoms with Crippen LogP contribution in [0, 0.1) is 5.92 Å². The number of unbranched alkanes of at least 4 members (excludes halogenated alkanes) is 1. The van der Waals surface area contributed by atoms with Crippen LogP contribution in [0.1, 0.15) is 45.4 Å². The molecule has 0 bridgehead atoms. The summed E-state index contributed by atoms with van der Waals surface area (Å²) in [4.78, 5) is 0.715. The molecule has 2 unspecified atom stereocenters. The maximum absolute atomic E-state index is 5.60. The van der Waals surface area contributed by atoms with E-state index >= 15 is 0 Å². The number of alkyl halides is 1. The second-order valence-corrected chi connectivity index (χ2v) is 6.36. The number of hydrogen-bond donors (Lipinski definition) is 0. The molecule has 1 saturated carbocycles. The van der Waals surface area contributed by atoms with Crippen molar-refractivity contribution in [3.8, 4) is 0 Å². The highest BCUT2D eigenvalue weighted by Crippen LogP contribution is 2.33. The van der Waals surface area contributed by atoms with Crippen molar-refractivity contribution in [2.24, 2.45) is 5.92 Å². The molecule has 0 spiro atoms. The largest absolute Gasteiger partial charge is 0.379 e. The Morgan fingerprint density at radius 2 is 1.53 bits per heavy atom. The van der Waals surface area contributed by atoms with Crippen LogP contribution in [-0.4, -0.2) is 44.5 Å². The standard InChI is InChI=1S/C15H29BrO3/c1-2-3-8-17-10-12-19-13-11-18-9-7-14-5-4-6-15(14)16/h14-15H,2-13H2,1H3. The number of ether oxygens (including phenoxy) is 3. The highest BCUT2D eigenvalue weighted by molar-refractivity contribution is 9.09. The van der Waals surface area contributed by atoms with Gasteiger partial charge in [-0.15, -0.1) is 0 Å². The molecule has 0 aliphatic heterocycles. The SMILES string of the molecule is CCCCOCCOCCOCCC1CCCC1Br. The molecule has 0 radical (unpaired) electrons. The first-order valence-corrected chi connectivity index (χ1v) is 8.63. The van der Waals surface area contributed by atoms with E-state index in [2.05, 4.69) is 22.9 Å². The van der Waals surface area contributed by atoms with Crippen LogP contribution >= 0.6 is 15.9 Å². The molecule has 0 aromatic carbocycles. The maximum Gasteiger partial charge on any atom is 0.0701 e. The molecule has 114 valence electrons. The van der Waals surface area contributed by atoms with Crippen molar-refractivity contribution in [1.29, 1.82) is 0 Å². The summed E-state index contributed by atoms with van der Waals surface area (Å²) in [6.45, 7) is 6.65. The molecule has 0 heterocycles. The van der Waals surface area contributed by atoms with Gasteiger partial charge in [0.15, 0.2) is 0 Å². The lowest BCUT2D eigenvalue weighted by Crippen LogP contribution is -2.13. The van der Waals surface area contributed by atoms with Crippen molar-refractivity contribution in [2.75, 3.05) is 39.6 Å². The summed E-state index contributed by atoms with van der Waals surface area (Å²) < 4.78 is 16.5. The summed E-state index contributed by atoms with van der Waals surface area (Å²) in [5, 5.41) is 0. The molecule has 1 aliphatic carbocycles. The smallest absolute Gasteiger partial charge is 0.0701 e. The topological polar surface area (TPSA) is 27.7 Å². The summed E-state index contributed by atoms with van der Waals surface area (Å²) in [7, 11) is 0. The van der Waals surface area contributed by atoms with E-state index in [1.165, 1.54) is 32.1 Å². The van der Waals surface area contributed by atoms with Gasteiger partial charge in [0.1, 0.15) is 0 Å². The Morgan fingerprint density at radius 1 is 0.895 bits per heavy atom. The van der Waals surface area contributed by atoms with Gasteiger partial charge >= 0.3 is 0 Å². The first kappa shape index (κ1) is 17.4. The third-order valence-electron chi connectivity index (χ3n) is 3.59. The van der Waals surface area contributed by atoms with E-state index in [1.54, 1.807) is 0 Å². The van der Waals surface area contributed by atoms with Gasteiger partial charge in [0.05, 0.1) is 26.4 Å². The molecule has 3 nitrogen and oxygen atoms in total. The van der Waals surface area contributed by atoms with Crippen molar-refractivity contribution in [2.45, 2.75) is 50.3 Å². The molecular weight excluding hydrogens is 308 g/mol. The normalized spacial score (nSPS) is 23.1. The average Bonchev–Trinajstić information content (AvgIpc) is 2.82. The molecular formula is C15H29BrO3. The Balaban J connectivity index is 1.74. The quantitative estimate of drug-likeness (QED) is 0.401. The second kappa shape index (κ2) is 12.1. The number of hydrogen-bond acceptors (Lipinski definition) is 3. The van der Waals surface area contributed by atoms with E-state index in [4.69, 9.17) is 14.2 Å². The minimum absolute atomic E-state index is 0.680. The lowest BCUT2D eigenvalue weighted by Gasteiger charge is -2.13. The fraction of sp³-hybridized carbons (Fsp3) is 1.00. The van der Waals surface area contributed by atoms with Crippen molar-refractivity contribution < 1.29 is 14.2 Å². The van der Waals surface area contributed by atoms with Gasteiger partial charge < -0.3 is 14.2 Å². The summed E-state index contributed by atoms with van der Waals surface area (Å²) in [6.07, 6.45) is 7.54. The van der Waals surface area contributed by atoms with E-state index in [1.807, 2.05) is 0 Å². The minimum Gasteiger partial charge on any atom is -0.379 e. The number of halogens is 1.